The summed E-state index contributed by atoms with van der Waals surface area (Å²) in [6.45, 7) is 26.1. The van der Waals surface area contributed by atoms with Crippen LogP contribution in [0.5, 0.6) is 5.75 Å². The first-order valence-corrected chi connectivity index (χ1v) is 21.4. The molecule has 0 aliphatic heterocycles. The average molecular weight is 561 g/mol. The van der Waals surface area contributed by atoms with E-state index in [1.807, 2.05) is 12.1 Å². The van der Waals surface area contributed by atoms with Crippen molar-refractivity contribution in [3.63, 3.8) is 0 Å². The van der Waals surface area contributed by atoms with Crippen LogP contribution in [0.4, 0.5) is 0 Å². The second-order valence-electron chi connectivity index (χ2n) is 15.6. The van der Waals surface area contributed by atoms with Gasteiger partial charge < -0.3 is 14.0 Å². The van der Waals surface area contributed by atoms with Gasteiger partial charge in [0.25, 0.3) is 0 Å². The summed E-state index contributed by atoms with van der Waals surface area (Å²) in [4.78, 5) is 0. The predicted molar refractivity (Wildman–Crippen MR) is 168 cm³/mol. The number of aromatic hydroxyl groups is 1. The van der Waals surface area contributed by atoms with Gasteiger partial charge in [0, 0.05) is 12.2 Å². The van der Waals surface area contributed by atoms with Crippen molar-refractivity contribution in [3.8, 4) is 5.75 Å². The van der Waals surface area contributed by atoms with E-state index in [4.69, 9.17) is 8.85 Å². The average Bonchev–Trinajstić information content (AvgIpc) is 3.10. The van der Waals surface area contributed by atoms with Crippen molar-refractivity contribution in [2.24, 2.45) is 17.8 Å². The van der Waals surface area contributed by atoms with Crippen LogP contribution in [0.15, 0.2) is 18.2 Å². The molecule has 5 atom stereocenters. The molecule has 1 saturated carbocycles. The summed E-state index contributed by atoms with van der Waals surface area (Å²) < 4.78 is 14.3. The lowest BCUT2D eigenvalue weighted by molar-refractivity contribution is 0.0955. The summed E-state index contributed by atoms with van der Waals surface area (Å²) in [5, 5.41) is 11.1. The van der Waals surface area contributed by atoms with Crippen molar-refractivity contribution >= 4 is 16.6 Å². The van der Waals surface area contributed by atoms with E-state index in [9.17, 15) is 5.11 Å². The minimum Gasteiger partial charge on any atom is -0.508 e. The molecule has 5 heteroatoms. The first-order valence-electron chi connectivity index (χ1n) is 15.6. The molecular formula is C33H60O3Si2. The molecule has 0 radical (unpaired) electrons. The van der Waals surface area contributed by atoms with Crippen LogP contribution in [0.2, 0.25) is 36.3 Å². The molecule has 0 saturated heterocycles. The van der Waals surface area contributed by atoms with Gasteiger partial charge in [-0.2, -0.15) is 0 Å². The molecule has 0 amide bonds. The van der Waals surface area contributed by atoms with E-state index < -0.39 is 16.6 Å². The third kappa shape index (κ3) is 7.36. The lowest BCUT2D eigenvalue weighted by Gasteiger charge is -2.41. The highest BCUT2D eigenvalue weighted by molar-refractivity contribution is 6.74. The summed E-state index contributed by atoms with van der Waals surface area (Å²) in [6.07, 6.45) is 11.3. The van der Waals surface area contributed by atoms with E-state index in [1.165, 1.54) is 43.2 Å². The molecule has 3 nitrogen and oxygen atoms in total. The Morgan fingerprint density at radius 1 is 0.921 bits per heavy atom. The summed E-state index contributed by atoms with van der Waals surface area (Å²) in [5.41, 5.74) is 2.56. The van der Waals surface area contributed by atoms with Gasteiger partial charge in [-0.1, -0.05) is 79.9 Å². The van der Waals surface area contributed by atoms with Gasteiger partial charge in [0.15, 0.2) is 16.6 Å². The molecular weight excluding hydrogens is 501 g/mol. The van der Waals surface area contributed by atoms with Gasteiger partial charge in [-0.25, -0.2) is 0 Å². The molecule has 0 spiro atoms. The Kier molecular flexibility index (Phi) is 10.1. The van der Waals surface area contributed by atoms with E-state index in [2.05, 4.69) is 80.7 Å². The van der Waals surface area contributed by atoms with Gasteiger partial charge in [-0.3, -0.25) is 0 Å². The van der Waals surface area contributed by atoms with Gasteiger partial charge in [0.2, 0.25) is 0 Å². The molecule has 1 unspecified atom stereocenters. The maximum Gasteiger partial charge on any atom is 0.192 e. The van der Waals surface area contributed by atoms with Crippen LogP contribution in [-0.4, -0.2) is 33.9 Å². The van der Waals surface area contributed by atoms with Crippen LogP contribution in [0.3, 0.4) is 0 Å². The van der Waals surface area contributed by atoms with Crippen molar-refractivity contribution < 1.29 is 14.0 Å². The Bertz CT molecular complexity index is 912. The molecule has 2 aliphatic carbocycles. The second-order valence-corrected chi connectivity index (χ2v) is 25.1. The zero-order valence-electron chi connectivity index (χ0n) is 26.7. The summed E-state index contributed by atoms with van der Waals surface area (Å²) in [7, 11) is -3.71. The number of hydrogen-bond acceptors (Lipinski definition) is 3. The molecule has 0 heterocycles. The summed E-state index contributed by atoms with van der Waals surface area (Å²) in [5.74, 6) is 2.31. The quantitative estimate of drug-likeness (QED) is 0.216. The van der Waals surface area contributed by atoms with E-state index in [0.29, 0.717) is 35.7 Å². The van der Waals surface area contributed by atoms with Crippen LogP contribution in [0.25, 0.3) is 0 Å². The first-order chi connectivity index (χ1) is 17.5. The zero-order chi connectivity index (χ0) is 28.5. The first kappa shape index (κ1) is 31.9. The lowest BCUT2D eigenvalue weighted by atomic mass is 9.73. The van der Waals surface area contributed by atoms with E-state index in [-0.39, 0.29) is 10.1 Å². The van der Waals surface area contributed by atoms with Crippen LogP contribution >= 0.6 is 0 Å². The summed E-state index contributed by atoms with van der Waals surface area (Å²) in [6, 6.07) is 6.14. The van der Waals surface area contributed by atoms with E-state index in [0.717, 1.165) is 25.7 Å². The van der Waals surface area contributed by atoms with Gasteiger partial charge >= 0.3 is 0 Å². The number of fused-ring (bicyclic) bond motifs is 2. The minimum absolute atomic E-state index is 0.209. The molecule has 1 aromatic rings. The molecule has 1 fully saturated rings. The van der Waals surface area contributed by atoms with Gasteiger partial charge in [-0.15, -0.1) is 0 Å². The van der Waals surface area contributed by atoms with Crippen LogP contribution in [0.1, 0.15) is 105 Å². The number of rotatable bonds is 11. The highest BCUT2D eigenvalue weighted by Gasteiger charge is 2.50. The third-order valence-corrected chi connectivity index (χ3v) is 19.8. The third-order valence-electron chi connectivity index (χ3n) is 10.8. The van der Waals surface area contributed by atoms with Crippen molar-refractivity contribution in [2.45, 2.75) is 155 Å². The molecule has 0 bridgehead atoms. The molecule has 218 valence electrons. The fourth-order valence-electron chi connectivity index (χ4n) is 6.34. The highest BCUT2D eigenvalue weighted by Crippen LogP contribution is 2.51. The molecule has 1 N–H and O–H groups in total. The fraction of sp³-hybridized carbons (Fsp3) is 0.818. The maximum absolute atomic E-state index is 10.6. The van der Waals surface area contributed by atoms with Crippen LogP contribution in [-0.2, 0) is 21.7 Å². The molecule has 1 aromatic carbocycles. The second kappa shape index (κ2) is 12.1. The normalized spacial score (nSPS) is 25.2. The molecule has 2 aliphatic rings. The minimum atomic E-state index is -1.89. The van der Waals surface area contributed by atoms with Crippen molar-refractivity contribution in [3.05, 3.63) is 29.3 Å². The highest BCUT2D eigenvalue weighted by atomic mass is 28.4. The fourth-order valence-corrected chi connectivity index (χ4v) is 9.14. The Morgan fingerprint density at radius 3 is 2.18 bits per heavy atom. The Labute approximate surface area is 237 Å². The monoisotopic (exact) mass is 560 g/mol. The number of phenols is 1. The molecule has 0 aromatic heterocycles. The number of hydrogen-bond donors (Lipinski definition) is 1. The zero-order valence-corrected chi connectivity index (χ0v) is 28.7. The predicted octanol–water partition coefficient (Wildman–Crippen LogP) is 9.88. The van der Waals surface area contributed by atoms with E-state index >= 15 is 0 Å². The molecule has 38 heavy (non-hydrogen) atoms. The lowest BCUT2D eigenvalue weighted by Crippen LogP contribution is -2.46. The Balaban J connectivity index is 1.84. The number of unbranched alkanes of at least 4 members (excludes halogenated alkanes) is 2. The topological polar surface area (TPSA) is 38.7 Å². The van der Waals surface area contributed by atoms with Crippen molar-refractivity contribution in [1.29, 1.82) is 0 Å². The SMILES string of the molecule is CCCCC[C@@H](CC[C@H]1C(O[Si](C)(C)C(C)(C)C)C[C@@H]2Cc3c(O)cccc3C[C@@H]21)O[Si](C)(C)C(C)(C)C. The van der Waals surface area contributed by atoms with Crippen molar-refractivity contribution in [1.82, 2.24) is 0 Å². The van der Waals surface area contributed by atoms with Gasteiger partial charge in [0.05, 0.1) is 0 Å². The van der Waals surface area contributed by atoms with Gasteiger partial charge in [0.1, 0.15) is 5.75 Å². The van der Waals surface area contributed by atoms with Crippen LogP contribution < -0.4 is 0 Å². The van der Waals surface area contributed by atoms with Crippen LogP contribution in [0, 0.1) is 17.8 Å². The maximum atomic E-state index is 10.6. The Hall–Kier alpha value is -0.626. The van der Waals surface area contributed by atoms with E-state index in [1.54, 1.807) is 0 Å². The standard InChI is InChI=1S/C33H60O3Si2/c1-12-13-14-17-26(35-37(8,9)32(2,3)4)19-20-27-28-21-24-16-15-18-30(34)29(24)22-25(28)23-31(27)36-38(10,11)33(5,6)7/h15-16,18,25-28,31,34H,12-14,17,19-23H2,1-11H3/t25-,26-,27+,28-,31?/m0/s1. The summed E-state index contributed by atoms with van der Waals surface area (Å²) >= 11 is 0. The molecule has 3 rings (SSSR count). The number of benzene rings is 1. The smallest absolute Gasteiger partial charge is 0.192 e. The number of phenolic OH excluding ortho intramolecular Hbond substituents is 1. The van der Waals surface area contributed by atoms with Crippen molar-refractivity contribution in [2.75, 3.05) is 0 Å². The largest absolute Gasteiger partial charge is 0.508 e. The Morgan fingerprint density at radius 2 is 1.58 bits per heavy atom. The van der Waals surface area contributed by atoms with Gasteiger partial charge in [-0.05, 0) is 110 Å².